The fraction of sp³-hybridized carbons (Fsp3) is 0.583. The third-order valence-corrected chi connectivity index (χ3v) is 6.69. The van der Waals surface area contributed by atoms with E-state index in [9.17, 15) is 8.42 Å². The molecule has 4 nitrogen and oxygen atoms in total. The fourth-order valence-corrected chi connectivity index (χ4v) is 4.23. The Morgan fingerprint density at radius 2 is 2.00 bits per heavy atom. The highest BCUT2D eigenvalue weighted by atomic mass is 79.9. The van der Waals surface area contributed by atoms with Gasteiger partial charge >= 0.3 is 0 Å². The van der Waals surface area contributed by atoms with Crippen LogP contribution < -0.4 is 4.72 Å². The number of rotatable bonds is 7. The second-order valence-electron chi connectivity index (χ2n) is 4.26. The third-order valence-electron chi connectivity index (χ3n) is 3.30. The molecule has 0 spiro atoms. The number of hydrogen-bond donors (Lipinski definition) is 1. The van der Waals surface area contributed by atoms with Crippen LogP contribution in [0.25, 0.3) is 0 Å². The molecule has 0 radical (unpaired) electrons. The Labute approximate surface area is 128 Å². The first-order chi connectivity index (χ1) is 8.89. The van der Waals surface area contributed by atoms with Crippen molar-refractivity contribution in [3.63, 3.8) is 0 Å². The van der Waals surface area contributed by atoms with Gasteiger partial charge < -0.3 is 0 Å². The highest BCUT2D eigenvalue weighted by molar-refractivity contribution is 9.10. The maximum Gasteiger partial charge on any atom is 0.242 e. The molecule has 1 N–H and O–H groups in total. The second-order valence-corrected chi connectivity index (χ2v) is 8.21. The summed E-state index contributed by atoms with van der Waals surface area (Å²) in [4.78, 5) is 4.07. The van der Waals surface area contributed by atoms with Crippen LogP contribution in [0, 0.1) is 0 Å². The Morgan fingerprint density at radius 3 is 2.47 bits per heavy atom. The smallest absolute Gasteiger partial charge is 0.242 e. The Morgan fingerprint density at radius 1 is 1.37 bits per heavy atom. The number of thioether (sulfide) groups is 1. The predicted octanol–water partition coefficient (Wildman–Crippen LogP) is 3.04. The van der Waals surface area contributed by atoms with Crippen LogP contribution in [0.2, 0.25) is 0 Å². The number of nitrogens with zero attached hydrogens (tertiary/aromatic N) is 1. The van der Waals surface area contributed by atoms with Crippen molar-refractivity contribution in [3.8, 4) is 0 Å². The molecule has 0 amide bonds. The zero-order chi connectivity index (χ0) is 14.5. The summed E-state index contributed by atoms with van der Waals surface area (Å²) in [6.45, 7) is 4.58. The van der Waals surface area contributed by atoms with Crippen LogP contribution in [0.4, 0.5) is 0 Å². The molecule has 1 aromatic heterocycles. The van der Waals surface area contributed by atoms with Gasteiger partial charge in [0.1, 0.15) is 4.90 Å². The molecule has 0 atom stereocenters. The minimum absolute atomic E-state index is 0.0491. The molecule has 0 aliphatic heterocycles. The lowest BCUT2D eigenvalue weighted by atomic mass is 10.0. The lowest BCUT2D eigenvalue weighted by Crippen LogP contribution is -2.39. The van der Waals surface area contributed by atoms with Crippen molar-refractivity contribution >= 4 is 37.7 Å². The van der Waals surface area contributed by atoms with Gasteiger partial charge in [-0.25, -0.2) is 13.1 Å². The molecule has 19 heavy (non-hydrogen) atoms. The maximum atomic E-state index is 12.2. The first-order valence-corrected chi connectivity index (χ1v) is 9.54. The van der Waals surface area contributed by atoms with E-state index < -0.39 is 10.0 Å². The first-order valence-electron chi connectivity index (χ1n) is 6.04. The third kappa shape index (κ3) is 4.44. The number of sulfonamides is 1. The van der Waals surface area contributed by atoms with Gasteiger partial charge in [-0.15, -0.1) is 0 Å². The summed E-state index contributed by atoms with van der Waals surface area (Å²) in [5.41, 5.74) is 0. The Hall–Kier alpha value is -0.110. The van der Waals surface area contributed by atoms with Crippen LogP contribution in [0.1, 0.15) is 26.7 Å². The SMILES string of the molecule is CCC(CC)(CNS(=O)(=O)c1cncc(Br)c1)SC. The quantitative estimate of drug-likeness (QED) is 0.805. The molecule has 1 aromatic rings. The van der Waals surface area contributed by atoms with Gasteiger partial charge in [-0.2, -0.15) is 11.8 Å². The molecule has 0 fully saturated rings. The van der Waals surface area contributed by atoms with Crippen LogP contribution in [0.15, 0.2) is 27.8 Å². The Balaban J connectivity index is 2.87. The van der Waals surface area contributed by atoms with E-state index in [0.717, 1.165) is 12.8 Å². The monoisotopic (exact) mass is 366 g/mol. The van der Waals surface area contributed by atoms with Crippen LogP contribution in [-0.2, 0) is 10.0 Å². The van der Waals surface area contributed by atoms with Gasteiger partial charge in [0.05, 0.1) is 0 Å². The molecule has 0 bridgehead atoms. The molecule has 0 saturated heterocycles. The van der Waals surface area contributed by atoms with Gasteiger partial charge in [0, 0.05) is 28.2 Å². The van der Waals surface area contributed by atoms with Crippen LogP contribution >= 0.6 is 27.7 Å². The van der Waals surface area contributed by atoms with Crippen molar-refractivity contribution in [1.82, 2.24) is 9.71 Å². The minimum Gasteiger partial charge on any atom is -0.262 e. The van der Waals surface area contributed by atoms with E-state index in [-0.39, 0.29) is 9.64 Å². The van der Waals surface area contributed by atoms with E-state index >= 15 is 0 Å². The molecule has 1 rings (SSSR count). The largest absolute Gasteiger partial charge is 0.262 e. The van der Waals surface area contributed by atoms with E-state index in [1.807, 2.05) is 6.26 Å². The molecule has 0 aromatic carbocycles. The van der Waals surface area contributed by atoms with E-state index in [1.165, 1.54) is 6.20 Å². The lowest BCUT2D eigenvalue weighted by Gasteiger charge is -2.29. The van der Waals surface area contributed by atoms with Gasteiger partial charge in [0.2, 0.25) is 10.0 Å². The molecule has 0 unspecified atom stereocenters. The molecule has 0 aliphatic carbocycles. The van der Waals surface area contributed by atoms with Crippen molar-refractivity contribution in [2.75, 3.05) is 12.8 Å². The summed E-state index contributed by atoms with van der Waals surface area (Å²) in [5.74, 6) is 0. The maximum absolute atomic E-state index is 12.2. The van der Waals surface area contributed by atoms with E-state index in [0.29, 0.717) is 11.0 Å². The Bertz CT molecular complexity index is 508. The number of pyridine rings is 1. The van der Waals surface area contributed by atoms with Crippen molar-refractivity contribution in [3.05, 3.63) is 22.9 Å². The van der Waals surface area contributed by atoms with Gasteiger partial charge in [0.15, 0.2) is 0 Å². The number of aromatic nitrogens is 1. The van der Waals surface area contributed by atoms with Crippen molar-refractivity contribution in [1.29, 1.82) is 0 Å². The van der Waals surface area contributed by atoms with Crippen LogP contribution in [0.3, 0.4) is 0 Å². The molecule has 0 saturated carbocycles. The minimum atomic E-state index is -3.50. The van der Waals surface area contributed by atoms with Gasteiger partial charge in [-0.1, -0.05) is 13.8 Å². The standard InChI is InChI=1S/C12H19BrN2O2S2/c1-4-12(5-2,18-3)9-15-19(16,17)11-6-10(13)7-14-8-11/h6-8,15H,4-5,9H2,1-3H3. The molecular formula is C12H19BrN2O2S2. The van der Waals surface area contributed by atoms with Gasteiger partial charge in [-0.3, -0.25) is 4.98 Å². The topological polar surface area (TPSA) is 59.1 Å². The molecule has 0 aliphatic rings. The van der Waals surface area contributed by atoms with E-state index in [1.54, 1.807) is 24.0 Å². The molecule has 7 heteroatoms. The van der Waals surface area contributed by atoms with Crippen molar-refractivity contribution in [2.45, 2.75) is 36.3 Å². The van der Waals surface area contributed by atoms with Crippen molar-refractivity contribution < 1.29 is 8.42 Å². The zero-order valence-electron chi connectivity index (χ0n) is 11.3. The van der Waals surface area contributed by atoms with Crippen molar-refractivity contribution in [2.24, 2.45) is 0 Å². The van der Waals surface area contributed by atoms with Gasteiger partial charge in [-0.05, 0) is 41.1 Å². The van der Waals surface area contributed by atoms with Crippen LogP contribution in [-0.4, -0.2) is 30.9 Å². The average molecular weight is 367 g/mol. The first kappa shape index (κ1) is 16.9. The highest BCUT2D eigenvalue weighted by Crippen LogP contribution is 2.30. The predicted molar refractivity (Wildman–Crippen MR) is 84.0 cm³/mol. The van der Waals surface area contributed by atoms with E-state index in [2.05, 4.69) is 39.5 Å². The van der Waals surface area contributed by atoms with Gasteiger partial charge in [0.25, 0.3) is 0 Å². The number of hydrogen-bond acceptors (Lipinski definition) is 4. The lowest BCUT2D eigenvalue weighted by molar-refractivity contribution is 0.522. The normalized spacial score (nSPS) is 12.6. The van der Waals surface area contributed by atoms with E-state index in [4.69, 9.17) is 0 Å². The van der Waals surface area contributed by atoms with Crippen LogP contribution in [0.5, 0.6) is 0 Å². The second kappa shape index (κ2) is 7.06. The fourth-order valence-electron chi connectivity index (χ4n) is 1.71. The summed E-state index contributed by atoms with van der Waals surface area (Å²) in [6.07, 6.45) is 6.77. The molecule has 1 heterocycles. The molecule has 108 valence electrons. The number of nitrogens with one attached hydrogen (secondary N) is 1. The summed E-state index contributed by atoms with van der Waals surface area (Å²) in [5, 5.41) is 0. The Kier molecular flexibility index (Phi) is 6.29. The zero-order valence-corrected chi connectivity index (χ0v) is 14.5. The average Bonchev–Trinajstić information content (AvgIpc) is 2.41. The summed E-state index contributed by atoms with van der Waals surface area (Å²) in [7, 11) is -3.50. The summed E-state index contributed by atoms with van der Waals surface area (Å²) in [6, 6.07) is 1.55. The molecular weight excluding hydrogens is 348 g/mol. The summed E-state index contributed by atoms with van der Waals surface area (Å²) < 4.78 is 27.7. The highest BCUT2D eigenvalue weighted by Gasteiger charge is 2.27. The summed E-state index contributed by atoms with van der Waals surface area (Å²) >= 11 is 4.93. The number of halogens is 1.